The van der Waals surface area contributed by atoms with Crippen molar-refractivity contribution in [3.05, 3.63) is 23.1 Å². The standard InChI is InChI=1S/C13H18ClNO3/c1-13(2,3)18-12(16)9-7-15-6-8(9)10-4-5-11(14)17-10/h4-5,8-9,15H,6-7H2,1-3H3. The quantitative estimate of drug-likeness (QED) is 0.840. The van der Waals surface area contributed by atoms with E-state index in [1.54, 1.807) is 6.07 Å². The van der Waals surface area contributed by atoms with Crippen molar-refractivity contribution in [2.24, 2.45) is 5.92 Å². The molecule has 5 heteroatoms. The molecule has 1 aromatic heterocycles. The van der Waals surface area contributed by atoms with Gasteiger partial charge in [0.05, 0.1) is 5.92 Å². The van der Waals surface area contributed by atoms with E-state index in [1.807, 2.05) is 26.8 Å². The van der Waals surface area contributed by atoms with Crippen LogP contribution in [0.2, 0.25) is 5.22 Å². The van der Waals surface area contributed by atoms with Crippen molar-refractivity contribution in [3.63, 3.8) is 0 Å². The van der Waals surface area contributed by atoms with Crippen LogP contribution >= 0.6 is 11.6 Å². The van der Waals surface area contributed by atoms with Gasteiger partial charge in [-0.2, -0.15) is 0 Å². The molecule has 1 fully saturated rings. The number of carbonyl (C=O) groups excluding carboxylic acids is 1. The van der Waals surface area contributed by atoms with Crippen LogP contribution in [-0.2, 0) is 9.53 Å². The van der Waals surface area contributed by atoms with Crippen molar-refractivity contribution in [1.29, 1.82) is 0 Å². The Labute approximate surface area is 112 Å². The van der Waals surface area contributed by atoms with Crippen LogP contribution in [0.25, 0.3) is 0 Å². The van der Waals surface area contributed by atoms with Gasteiger partial charge in [-0.3, -0.25) is 4.79 Å². The predicted octanol–water partition coefficient (Wildman–Crippen LogP) is 2.58. The van der Waals surface area contributed by atoms with E-state index in [9.17, 15) is 4.79 Å². The highest BCUT2D eigenvalue weighted by atomic mass is 35.5. The lowest BCUT2D eigenvalue weighted by Crippen LogP contribution is -2.31. The first-order chi connectivity index (χ1) is 8.37. The molecule has 0 radical (unpaired) electrons. The van der Waals surface area contributed by atoms with Crippen molar-refractivity contribution in [2.45, 2.75) is 32.3 Å². The molecule has 1 aliphatic rings. The van der Waals surface area contributed by atoms with Gasteiger partial charge in [0.1, 0.15) is 11.4 Å². The summed E-state index contributed by atoms with van der Waals surface area (Å²) in [5, 5.41) is 3.54. The summed E-state index contributed by atoms with van der Waals surface area (Å²) in [5.41, 5.74) is -0.467. The summed E-state index contributed by atoms with van der Waals surface area (Å²) >= 11 is 5.77. The van der Waals surface area contributed by atoms with Crippen LogP contribution in [0.1, 0.15) is 32.4 Å². The van der Waals surface area contributed by atoms with Gasteiger partial charge in [0.15, 0.2) is 5.22 Å². The first-order valence-electron chi connectivity index (χ1n) is 6.05. The van der Waals surface area contributed by atoms with Crippen LogP contribution in [-0.4, -0.2) is 24.7 Å². The third-order valence-corrected chi connectivity index (χ3v) is 3.09. The summed E-state index contributed by atoms with van der Waals surface area (Å²) in [4.78, 5) is 12.1. The maximum atomic E-state index is 12.1. The highest BCUT2D eigenvalue weighted by Gasteiger charge is 2.38. The van der Waals surface area contributed by atoms with Gasteiger partial charge in [0.2, 0.25) is 0 Å². The van der Waals surface area contributed by atoms with Gasteiger partial charge in [-0.15, -0.1) is 0 Å². The smallest absolute Gasteiger partial charge is 0.311 e. The summed E-state index contributed by atoms with van der Waals surface area (Å²) in [6.45, 7) is 6.91. The highest BCUT2D eigenvalue weighted by Crippen LogP contribution is 2.32. The number of nitrogens with one attached hydrogen (secondary N) is 1. The average molecular weight is 272 g/mol. The molecular weight excluding hydrogens is 254 g/mol. The number of esters is 1. The molecule has 1 N–H and O–H groups in total. The monoisotopic (exact) mass is 271 g/mol. The Balaban J connectivity index is 2.10. The second-order valence-corrected chi connectivity index (χ2v) is 5.92. The molecule has 2 atom stereocenters. The van der Waals surface area contributed by atoms with Crippen molar-refractivity contribution in [2.75, 3.05) is 13.1 Å². The number of furan rings is 1. The van der Waals surface area contributed by atoms with Gasteiger partial charge in [-0.05, 0) is 44.5 Å². The lowest BCUT2D eigenvalue weighted by atomic mass is 9.93. The fraction of sp³-hybridized carbons (Fsp3) is 0.615. The van der Waals surface area contributed by atoms with Gasteiger partial charge >= 0.3 is 5.97 Å². The van der Waals surface area contributed by atoms with Crippen LogP contribution in [0.15, 0.2) is 16.5 Å². The highest BCUT2D eigenvalue weighted by molar-refractivity contribution is 6.28. The molecule has 2 rings (SSSR count). The molecule has 100 valence electrons. The molecule has 0 aliphatic carbocycles. The molecule has 4 nitrogen and oxygen atoms in total. The first kappa shape index (κ1) is 13.4. The van der Waals surface area contributed by atoms with E-state index in [4.69, 9.17) is 20.8 Å². The third-order valence-electron chi connectivity index (χ3n) is 2.88. The minimum absolute atomic E-state index is 0.00708. The molecular formula is C13H18ClNO3. The maximum absolute atomic E-state index is 12.1. The van der Waals surface area contributed by atoms with Crippen LogP contribution in [0, 0.1) is 5.92 Å². The van der Waals surface area contributed by atoms with Gasteiger partial charge in [0.25, 0.3) is 0 Å². The van der Waals surface area contributed by atoms with Crippen molar-refractivity contribution >= 4 is 17.6 Å². The zero-order chi connectivity index (χ0) is 13.3. The molecule has 0 spiro atoms. The Morgan fingerprint density at radius 1 is 1.44 bits per heavy atom. The zero-order valence-electron chi connectivity index (χ0n) is 10.8. The molecule has 1 aliphatic heterocycles. The number of carbonyl (C=O) groups is 1. The Bertz CT molecular complexity index is 436. The van der Waals surface area contributed by atoms with Crippen LogP contribution in [0.4, 0.5) is 0 Å². The van der Waals surface area contributed by atoms with Crippen molar-refractivity contribution < 1.29 is 13.9 Å². The molecule has 18 heavy (non-hydrogen) atoms. The van der Waals surface area contributed by atoms with Crippen LogP contribution in [0.3, 0.4) is 0 Å². The molecule has 0 bridgehead atoms. The largest absolute Gasteiger partial charge is 0.460 e. The summed E-state index contributed by atoms with van der Waals surface area (Å²) in [7, 11) is 0. The topological polar surface area (TPSA) is 51.5 Å². The summed E-state index contributed by atoms with van der Waals surface area (Å²) < 4.78 is 10.8. The Morgan fingerprint density at radius 2 is 2.17 bits per heavy atom. The summed E-state index contributed by atoms with van der Waals surface area (Å²) in [6.07, 6.45) is 0. The number of halogens is 1. The van der Waals surface area contributed by atoms with Crippen LogP contribution < -0.4 is 5.32 Å². The van der Waals surface area contributed by atoms with Crippen LogP contribution in [0.5, 0.6) is 0 Å². The van der Waals surface area contributed by atoms with E-state index in [0.29, 0.717) is 18.3 Å². The van der Waals surface area contributed by atoms with Gasteiger partial charge in [-0.25, -0.2) is 0 Å². The third kappa shape index (κ3) is 3.06. The van der Waals surface area contributed by atoms with Gasteiger partial charge in [-0.1, -0.05) is 0 Å². The fourth-order valence-electron chi connectivity index (χ4n) is 2.13. The molecule has 1 saturated heterocycles. The van der Waals surface area contributed by atoms with E-state index in [0.717, 1.165) is 5.76 Å². The predicted molar refractivity (Wildman–Crippen MR) is 68.7 cm³/mol. The number of hydrogen-bond acceptors (Lipinski definition) is 4. The molecule has 0 aromatic carbocycles. The normalized spacial score (nSPS) is 24.2. The van der Waals surface area contributed by atoms with Gasteiger partial charge < -0.3 is 14.5 Å². The molecule has 2 heterocycles. The molecule has 0 saturated carbocycles. The lowest BCUT2D eigenvalue weighted by Gasteiger charge is -2.23. The first-order valence-corrected chi connectivity index (χ1v) is 6.43. The fourth-order valence-corrected chi connectivity index (χ4v) is 2.28. The summed E-state index contributed by atoms with van der Waals surface area (Å²) in [6, 6.07) is 3.51. The number of ether oxygens (including phenoxy) is 1. The Morgan fingerprint density at radius 3 is 2.72 bits per heavy atom. The molecule has 2 unspecified atom stereocenters. The zero-order valence-corrected chi connectivity index (χ0v) is 11.6. The minimum Gasteiger partial charge on any atom is -0.460 e. The van der Waals surface area contributed by atoms with E-state index in [-0.39, 0.29) is 17.8 Å². The molecule has 0 amide bonds. The Hall–Kier alpha value is -1.00. The van der Waals surface area contributed by atoms with Gasteiger partial charge in [0, 0.05) is 19.0 Å². The number of rotatable bonds is 2. The van der Waals surface area contributed by atoms with E-state index in [1.165, 1.54) is 0 Å². The van der Waals surface area contributed by atoms with E-state index in [2.05, 4.69) is 5.32 Å². The van der Waals surface area contributed by atoms with E-state index < -0.39 is 5.60 Å². The number of hydrogen-bond donors (Lipinski definition) is 1. The summed E-state index contributed by atoms with van der Waals surface area (Å²) in [5.74, 6) is 0.324. The second-order valence-electron chi connectivity index (χ2n) is 5.55. The van der Waals surface area contributed by atoms with Crippen molar-refractivity contribution in [3.8, 4) is 0 Å². The maximum Gasteiger partial charge on any atom is 0.311 e. The lowest BCUT2D eigenvalue weighted by molar-refractivity contribution is -0.159. The van der Waals surface area contributed by atoms with Crippen molar-refractivity contribution in [1.82, 2.24) is 5.32 Å². The minimum atomic E-state index is -0.467. The molecule has 1 aromatic rings. The average Bonchev–Trinajstić information content (AvgIpc) is 2.81. The SMILES string of the molecule is CC(C)(C)OC(=O)C1CNCC1c1ccc(Cl)o1. The Kier molecular flexibility index (Phi) is 3.69. The van der Waals surface area contributed by atoms with E-state index >= 15 is 0 Å². The second kappa shape index (κ2) is 4.94.